The monoisotopic (exact) mass is 1710 g/mol. The molecule has 3 aliphatic heterocycles. The Labute approximate surface area is 716 Å². The quantitative estimate of drug-likeness (QED) is 0.151. The van der Waals surface area contributed by atoms with Crippen LogP contribution >= 0.6 is 11.6 Å². The number of carbonyl (C=O) groups excluding carboxylic acids is 2. The summed E-state index contributed by atoms with van der Waals surface area (Å²) in [6.45, 7) is 26.7. The van der Waals surface area contributed by atoms with Crippen LogP contribution in [0.3, 0.4) is 0 Å². The van der Waals surface area contributed by atoms with E-state index in [4.69, 9.17) is 86.8 Å². The summed E-state index contributed by atoms with van der Waals surface area (Å²) in [5.41, 5.74) is 2.68. The van der Waals surface area contributed by atoms with E-state index in [1.165, 1.54) is 167 Å². The fraction of sp³-hybridized carbons (Fsp3) is 0.914. The van der Waals surface area contributed by atoms with Crippen molar-refractivity contribution in [3.05, 3.63) is 29.8 Å². The van der Waals surface area contributed by atoms with Crippen LogP contribution in [-0.4, -0.2) is 280 Å². The normalized spacial score (nSPS) is 35.8. The van der Waals surface area contributed by atoms with Crippen molar-refractivity contribution in [3.8, 4) is 0 Å². The number of rotatable bonds is 12. The maximum atomic E-state index is 13.4. The molecule has 0 atom stereocenters. The first-order valence-electron chi connectivity index (χ1n) is 46.1. The van der Waals surface area contributed by atoms with E-state index in [2.05, 4.69) is 10.2 Å². The van der Waals surface area contributed by atoms with Crippen LogP contribution in [0.1, 0.15) is 200 Å². The van der Waals surface area contributed by atoms with Gasteiger partial charge in [0.1, 0.15) is 0 Å². The second-order valence-electron chi connectivity index (χ2n) is 38.1. The molecule has 1 N–H and O–H groups in total. The molecule has 118 heavy (non-hydrogen) atoms. The second-order valence-corrected chi connectivity index (χ2v) is 40.2. The summed E-state index contributed by atoms with van der Waals surface area (Å²) in [4.78, 5) is 29.3. The number of halogens is 1. The van der Waals surface area contributed by atoms with E-state index in [-0.39, 0.29) is 36.3 Å². The summed E-state index contributed by atoms with van der Waals surface area (Å²) in [7, 11) is -3.61. The van der Waals surface area contributed by atoms with Crippen LogP contribution in [0.15, 0.2) is 29.2 Å². The Morgan fingerprint density at radius 3 is 0.890 bits per heavy atom. The van der Waals surface area contributed by atoms with Crippen molar-refractivity contribution in [2.45, 2.75) is 206 Å². The van der Waals surface area contributed by atoms with E-state index in [0.29, 0.717) is 234 Å². The topological polar surface area (TPSA) is 234 Å². The lowest BCUT2D eigenvalue weighted by Gasteiger charge is -2.57. The minimum Gasteiger partial charge on any atom is -0.378 e. The van der Waals surface area contributed by atoms with E-state index in [1.54, 1.807) is 12.1 Å². The van der Waals surface area contributed by atoms with E-state index in [0.717, 1.165) is 122 Å². The van der Waals surface area contributed by atoms with Crippen molar-refractivity contribution < 1.29 is 93.2 Å². The van der Waals surface area contributed by atoms with Gasteiger partial charge in [-0.3, -0.25) is 18.7 Å². The number of aryl methyl sites for hydroxylation is 1. The van der Waals surface area contributed by atoms with Gasteiger partial charge < -0.3 is 81.3 Å². The number of nitrogens with one attached hydrogen (secondary N) is 1. The number of hydrogen-bond acceptors (Lipinski definition) is 22. The van der Waals surface area contributed by atoms with Crippen molar-refractivity contribution in [1.82, 2.24) is 15.1 Å². The van der Waals surface area contributed by atoms with Gasteiger partial charge in [-0.15, -0.1) is 0 Å². The van der Waals surface area contributed by atoms with Gasteiger partial charge in [-0.2, -0.15) is 8.42 Å². The Kier molecular flexibility index (Phi) is 43.4. The van der Waals surface area contributed by atoms with Crippen molar-refractivity contribution in [2.24, 2.45) is 92.7 Å². The zero-order valence-electron chi connectivity index (χ0n) is 71.3. The maximum Gasteiger partial charge on any atom is 0.296 e. The van der Waals surface area contributed by atoms with E-state index in [9.17, 15) is 18.0 Å². The summed E-state index contributed by atoms with van der Waals surface area (Å²) < 4.78 is 113. The molecule has 16 aliphatic carbocycles. The molecule has 1 aromatic carbocycles. The largest absolute Gasteiger partial charge is 0.378 e. The van der Waals surface area contributed by atoms with Gasteiger partial charge in [-0.25, -0.2) is 0 Å². The highest BCUT2D eigenvalue weighted by molar-refractivity contribution is 7.86. The highest BCUT2D eigenvalue weighted by atomic mass is 35.5. The molecular weight excluding hydrogens is 1550 g/mol. The first-order valence-corrected chi connectivity index (χ1v) is 47.9. The van der Waals surface area contributed by atoms with Crippen LogP contribution in [0.2, 0.25) is 0 Å². The zero-order valence-corrected chi connectivity index (χ0v) is 72.8. The predicted octanol–water partition coefficient (Wildman–Crippen LogP) is 14.1. The van der Waals surface area contributed by atoms with Crippen LogP contribution in [0.5, 0.6) is 0 Å². The summed E-state index contributed by atoms with van der Waals surface area (Å²) in [6, 6.07) is 6.90. The molecule has 3 heterocycles. The van der Waals surface area contributed by atoms with Crippen molar-refractivity contribution in [1.29, 1.82) is 0 Å². The Morgan fingerprint density at radius 2 is 0.602 bits per heavy atom. The second kappa shape index (κ2) is 52.2. The molecule has 1 amide bonds. The molecule has 0 aromatic heterocycles. The molecule has 680 valence electrons. The van der Waals surface area contributed by atoms with E-state index >= 15 is 0 Å². The maximum absolute atomic E-state index is 13.4. The first-order chi connectivity index (χ1) is 56.6. The van der Waals surface area contributed by atoms with Gasteiger partial charge in [0.2, 0.25) is 11.1 Å². The minimum absolute atomic E-state index is 0. The fourth-order valence-electron chi connectivity index (χ4n) is 25.3. The molecule has 25 heteroatoms. The van der Waals surface area contributed by atoms with Crippen LogP contribution in [-0.2, 0) is 94.9 Å². The third-order valence-electron chi connectivity index (χ3n) is 28.6. The molecule has 16 saturated carbocycles. The molecule has 3 saturated heterocycles. The van der Waals surface area contributed by atoms with Gasteiger partial charge in [0.25, 0.3) is 10.1 Å². The van der Waals surface area contributed by atoms with E-state index < -0.39 is 10.1 Å². The summed E-state index contributed by atoms with van der Waals surface area (Å²) in [6.07, 6.45) is 37.1. The smallest absolute Gasteiger partial charge is 0.296 e. The van der Waals surface area contributed by atoms with Crippen LogP contribution in [0.4, 0.5) is 0 Å². The lowest BCUT2D eigenvalue weighted by Crippen LogP contribution is -2.49. The van der Waals surface area contributed by atoms with Crippen LogP contribution in [0, 0.1) is 99.6 Å². The minimum atomic E-state index is -3.61. The molecule has 0 radical (unpaired) electrons. The molecule has 20 rings (SSSR count). The average Bonchev–Trinajstić information content (AvgIpc) is 0.780. The van der Waals surface area contributed by atoms with Gasteiger partial charge in [0, 0.05) is 52.1 Å². The number of carbonyl (C=O) groups is 2. The van der Waals surface area contributed by atoms with Crippen molar-refractivity contribution in [2.75, 3.05) is 251 Å². The number of nitrogens with zero attached hydrogens (tertiary/aromatic N) is 2. The van der Waals surface area contributed by atoms with Gasteiger partial charge >= 0.3 is 0 Å². The Morgan fingerprint density at radius 1 is 0.356 bits per heavy atom. The van der Waals surface area contributed by atoms with Crippen molar-refractivity contribution >= 4 is 32.9 Å². The predicted molar refractivity (Wildman–Crippen MR) is 458 cm³/mol. The highest BCUT2D eigenvalue weighted by Crippen LogP contribution is 2.65. The highest BCUT2D eigenvalue weighted by Gasteiger charge is 2.55. The molecule has 19 fully saturated rings. The first kappa shape index (κ1) is 98.1. The standard InChI is InChI=1S/C24H41NO6.C24H43NO5.C19H26O3S.C12H17ClO.C12H25NO5.2CH4/c26-23(19-24-16-20-13-21(17-24)15-22(14-20)18-24)25-1-3-27-5-7-29-9-11-31-12-10-30-8-6-28-4-2-25;1(24-18-21-15-22(19-24)17-23(16-21)20-24)2-25-3-5-26-7-9-28-11-13-30-14-12-29-10-8-27-6-4-25;1-14-2-4-18(5-3-14)23(20,21)22-7-6-19-11-15-8-16(12-19)10-17(9-15)13-19;13-11(14)7-12-4-8-1-9(5-12)3-10(2-8)6-12;1-3-14-5-7-16-9-11-18-12-10-17-8-6-15-4-2-13-1;;/h20-22H,1-19H2;21-23H,1-20H2;2-5,15-17H,6-13H2,1H3;8-10H,1-7H2;13H,1-12H2;2*1H4. The number of ether oxygens (including phenoxy) is 15. The number of hydrogen-bond donors (Lipinski definition) is 1. The molecule has 1 aromatic rings. The third-order valence-corrected chi connectivity index (χ3v) is 30.1. The molecular formula is C93H160ClN3O20S. The lowest BCUT2D eigenvalue weighted by atomic mass is 9.49. The SMILES string of the molecule is C.C.C1COCCOCCN(CCC23CC4CC(CC(C4)C2)C3)CCOCCOCCO1.C1COCCOCCOCCOCCOCCN1.Cc1ccc(S(=O)(=O)OCCC23CC4CC(CC(C4)C2)C3)cc1.O=C(CC12CC3CC(CC(C3)C1)C2)N1CCOCCOCCOCCOCCOCC1.O=C(Cl)CC12CC3CC(CC(C3)C1)C2. The lowest BCUT2D eigenvalue weighted by molar-refractivity contribution is -0.141. The fourth-order valence-corrected chi connectivity index (χ4v) is 26.5. The van der Waals surface area contributed by atoms with Gasteiger partial charge in [-0.05, 0) is 297 Å². The molecule has 0 spiro atoms. The third kappa shape index (κ3) is 33.6. The van der Waals surface area contributed by atoms with Crippen molar-refractivity contribution in [3.63, 3.8) is 0 Å². The summed E-state index contributed by atoms with van der Waals surface area (Å²) in [5, 5.41) is 3.13. The number of benzene rings is 1. The summed E-state index contributed by atoms with van der Waals surface area (Å²) >= 11 is 5.57. The molecule has 0 unspecified atom stereocenters. The Balaban J connectivity index is 0.000000159. The Bertz CT molecular complexity index is 2790. The van der Waals surface area contributed by atoms with Gasteiger partial charge in [0.05, 0.1) is 210 Å². The summed E-state index contributed by atoms with van der Waals surface area (Å²) in [5.74, 6) is 11.5. The van der Waals surface area contributed by atoms with E-state index in [1.807, 2.05) is 24.0 Å². The Hall–Kier alpha value is -2.12. The molecule has 19 aliphatic rings. The van der Waals surface area contributed by atoms with Gasteiger partial charge in [-0.1, -0.05) is 32.5 Å². The average molecular weight is 1710 g/mol. The number of amides is 1. The van der Waals surface area contributed by atoms with Crippen LogP contribution < -0.4 is 5.32 Å². The molecule has 16 bridgehead atoms. The van der Waals surface area contributed by atoms with Crippen LogP contribution in [0.25, 0.3) is 0 Å². The van der Waals surface area contributed by atoms with Gasteiger partial charge in [0.15, 0.2) is 0 Å². The zero-order chi connectivity index (χ0) is 80.4. The molecule has 23 nitrogen and oxygen atoms in total.